The van der Waals surface area contributed by atoms with Gasteiger partial charge in [-0.2, -0.15) is 0 Å². The fourth-order valence-electron chi connectivity index (χ4n) is 0.546. The summed E-state index contributed by atoms with van der Waals surface area (Å²) in [6.45, 7) is 0. The second-order valence-electron chi connectivity index (χ2n) is 1.80. The number of pyridine rings is 1. The van der Waals surface area contributed by atoms with E-state index >= 15 is 0 Å². The van der Waals surface area contributed by atoms with Crippen molar-refractivity contribution < 1.29 is 4.74 Å². The lowest BCUT2D eigenvalue weighted by Crippen LogP contribution is -1.89. The highest BCUT2D eigenvalue weighted by Crippen LogP contribution is 2.10. The molecule has 0 bridgehead atoms. The summed E-state index contributed by atoms with van der Waals surface area (Å²) >= 11 is 5.55. The van der Waals surface area contributed by atoms with Gasteiger partial charge < -0.3 is 4.74 Å². The van der Waals surface area contributed by atoms with Crippen LogP contribution in [0.5, 0.6) is 5.75 Å². The molecule has 0 saturated heterocycles. The van der Waals surface area contributed by atoms with Crippen molar-refractivity contribution in [1.29, 1.82) is 0 Å². The molecule has 0 unspecified atom stereocenters. The van der Waals surface area contributed by atoms with Crippen LogP contribution < -0.4 is 4.74 Å². The Hall–Kier alpha value is -1.09. The summed E-state index contributed by atoms with van der Waals surface area (Å²) in [5, 5.41) is 0.450. The van der Waals surface area contributed by atoms with Crippen LogP contribution in [0.4, 0.5) is 0 Å². The lowest BCUT2D eigenvalue weighted by atomic mass is 10.5. The average molecular weight is 171 g/mol. The van der Waals surface area contributed by atoms with E-state index in [2.05, 4.69) is 9.98 Å². The highest BCUT2D eigenvalue weighted by atomic mass is 35.5. The minimum atomic E-state index is 0.450. The van der Waals surface area contributed by atoms with E-state index in [1.165, 1.54) is 12.6 Å². The summed E-state index contributed by atoms with van der Waals surface area (Å²) in [7, 11) is 1.63. The van der Waals surface area contributed by atoms with Gasteiger partial charge in [0.25, 0.3) is 0 Å². The first kappa shape index (κ1) is 8.01. The molecule has 0 radical (unpaired) electrons. The Bertz CT molecular complexity index is 245. The molecule has 0 N–H and O–H groups in total. The number of hydrogen-bond donors (Lipinski definition) is 0. The molecule has 0 aliphatic rings. The zero-order valence-corrected chi connectivity index (χ0v) is 6.75. The Kier molecular flexibility index (Phi) is 2.86. The second kappa shape index (κ2) is 3.93. The summed E-state index contributed by atoms with van der Waals surface area (Å²) < 4.78 is 5.00. The first-order chi connectivity index (χ1) is 5.33. The van der Waals surface area contributed by atoms with E-state index in [4.69, 9.17) is 16.3 Å². The third-order valence-electron chi connectivity index (χ3n) is 0.994. The minimum Gasteiger partial charge on any atom is -0.445 e. The number of hydrogen-bond acceptors (Lipinski definition) is 3. The third kappa shape index (κ3) is 2.55. The number of aromatic nitrogens is 1. The van der Waals surface area contributed by atoms with Gasteiger partial charge >= 0.3 is 0 Å². The summed E-state index contributed by atoms with van der Waals surface area (Å²) in [5.74, 6) is 0.625. The quantitative estimate of drug-likeness (QED) is 0.385. The van der Waals surface area contributed by atoms with Gasteiger partial charge in [0, 0.05) is 7.05 Å². The zero-order valence-electron chi connectivity index (χ0n) is 5.99. The van der Waals surface area contributed by atoms with Crippen LogP contribution in [-0.2, 0) is 0 Å². The molecule has 3 nitrogen and oxygen atoms in total. The van der Waals surface area contributed by atoms with Crippen molar-refractivity contribution in [3.8, 4) is 5.75 Å². The molecule has 1 heterocycles. The van der Waals surface area contributed by atoms with E-state index < -0.39 is 0 Å². The minimum absolute atomic E-state index is 0.450. The smallest absolute Gasteiger partial charge is 0.176 e. The lowest BCUT2D eigenvalue weighted by molar-refractivity contribution is 0.570. The monoisotopic (exact) mass is 170 g/mol. The van der Waals surface area contributed by atoms with Crippen LogP contribution in [0.3, 0.4) is 0 Å². The van der Waals surface area contributed by atoms with Crippen molar-refractivity contribution in [2.75, 3.05) is 7.05 Å². The highest BCUT2D eigenvalue weighted by molar-refractivity contribution is 6.29. The van der Waals surface area contributed by atoms with Gasteiger partial charge in [-0.05, 0) is 12.1 Å². The fraction of sp³-hybridized carbons (Fsp3) is 0.143. The predicted octanol–water partition coefficient (Wildman–Crippen LogP) is 1.77. The van der Waals surface area contributed by atoms with Gasteiger partial charge in [-0.25, -0.2) is 4.98 Å². The summed E-state index contributed by atoms with van der Waals surface area (Å²) in [6.07, 6.45) is 2.87. The number of rotatable bonds is 2. The largest absolute Gasteiger partial charge is 0.445 e. The molecule has 1 aromatic heterocycles. The van der Waals surface area contributed by atoms with Gasteiger partial charge in [-0.3, -0.25) is 4.99 Å². The van der Waals surface area contributed by atoms with Crippen molar-refractivity contribution in [3.05, 3.63) is 23.5 Å². The molecule has 0 amide bonds. The summed E-state index contributed by atoms with van der Waals surface area (Å²) in [6, 6.07) is 3.37. The van der Waals surface area contributed by atoms with E-state index in [1.807, 2.05) is 0 Å². The van der Waals surface area contributed by atoms with E-state index in [9.17, 15) is 0 Å². The fourth-order valence-corrected chi connectivity index (χ4v) is 0.657. The van der Waals surface area contributed by atoms with E-state index in [0.717, 1.165) is 0 Å². The first-order valence-electron chi connectivity index (χ1n) is 3.02. The normalized spacial score (nSPS) is 10.4. The Morgan fingerprint density at radius 3 is 3.00 bits per heavy atom. The number of ether oxygens (including phenoxy) is 1. The van der Waals surface area contributed by atoms with Crippen LogP contribution in [0.1, 0.15) is 0 Å². The van der Waals surface area contributed by atoms with E-state index in [-0.39, 0.29) is 0 Å². The number of aliphatic imine (C=N–C) groups is 1. The summed E-state index contributed by atoms with van der Waals surface area (Å²) in [4.78, 5) is 7.46. The van der Waals surface area contributed by atoms with Crippen LogP contribution in [0.25, 0.3) is 0 Å². The molecule has 11 heavy (non-hydrogen) atoms. The Morgan fingerprint density at radius 1 is 1.64 bits per heavy atom. The molecular formula is C7H7ClN2O. The zero-order chi connectivity index (χ0) is 8.10. The second-order valence-corrected chi connectivity index (χ2v) is 2.19. The van der Waals surface area contributed by atoms with Crippen LogP contribution in [-0.4, -0.2) is 18.4 Å². The molecule has 0 aliphatic heterocycles. The topological polar surface area (TPSA) is 34.5 Å². The molecule has 1 aromatic rings. The van der Waals surface area contributed by atoms with E-state index in [0.29, 0.717) is 10.9 Å². The van der Waals surface area contributed by atoms with Crippen molar-refractivity contribution in [1.82, 2.24) is 4.98 Å². The maximum atomic E-state index is 5.55. The standard InChI is InChI=1S/C7H7ClN2O/c1-9-5-11-6-2-3-7(8)10-4-6/h2-5H,1H3/b9-5+. The lowest BCUT2D eigenvalue weighted by Gasteiger charge is -1.96. The molecule has 0 aromatic carbocycles. The van der Waals surface area contributed by atoms with Gasteiger partial charge in [0.1, 0.15) is 10.9 Å². The van der Waals surface area contributed by atoms with Crippen LogP contribution >= 0.6 is 11.6 Å². The Balaban J connectivity index is 2.66. The molecule has 0 spiro atoms. The molecule has 1 rings (SSSR count). The number of nitrogens with zero attached hydrogens (tertiary/aromatic N) is 2. The van der Waals surface area contributed by atoms with Crippen LogP contribution in [0.2, 0.25) is 5.15 Å². The molecule has 0 saturated carbocycles. The molecule has 0 aliphatic carbocycles. The van der Waals surface area contributed by atoms with Gasteiger partial charge in [-0.15, -0.1) is 0 Å². The average Bonchev–Trinajstić information content (AvgIpc) is 2.04. The van der Waals surface area contributed by atoms with Crippen LogP contribution in [0, 0.1) is 0 Å². The van der Waals surface area contributed by atoms with Crippen LogP contribution in [0.15, 0.2) is 23.3 Å². The van der Waals surface area contributed by atoms with E-state index in [1.54, 1.807) is 19.2 Å². The van der Waals surface area contributed by atoms with Crippen molar-refractivity contribution in [2.24, 2.45) is 4.99 Å². The van der Waals surface area contributed by atoms with Gasteiger partial charge in [0.2, 0.25) is 0 Å². The van der Waals surface area contributed by atoms with Crippen molar-refractivity contribution >= 4 is 18.0 Å². The first-order valence-corrected chi connectivity index (χ1v) is 3.39. The summed E-state index contributed by atoms with van der Waals surface area (Å²) in [5.41, 5.74) is 0. The van der Waals surface area contributed by atoms with Gasteiger partial charge in [-0.1, -0.05) is 11.6 Å². The van der Waals surface area contributed by atoms with Gasteiger partial charge in [0.05, 0.1) is 6.20 Å². The molecule has 58 valence electrons. The molecule has 4 heteroatoms. The van der Waals surface area contributed by atoms with Gasteiger partial charge in [0.15, 0.2) is 6.40 Å². The molecular weight excluding hydrogens is 164 g/mol. The van der Waals surface area contributed by atoms with Crippen molar-refractivity contribution in [3.63, 3.8) is 0 Å². The maximum absolute atomic E-state index is 5.55. The number of halogens is 1. The Labute approximate surface area is 69.7 Å². The van der Waals surface area contributed by atoms with Crippen molar-refractivity contribution in [2.45, 2.75) is 0 Å². The maximum Gasteiger partial charge on any atom is 0.176 e. The third-order valence-corrected chi connectivity index (χ3v) is 1.22. The molecule has 0 fully saturated rings. The predicted molar refractivity (Wildman–Crippen MR) is 44.3 cm³/mol. The molecule has 0 atom stereocenters. The highest BCUT2D eigenvalue weighted by Gasteiger charge is 1.90. The SMILES string of the molecule is C/N=C/Oc1ccc(Cl)nc1. The Morgan fingerprint density at radius 2 is 2.45 bits per heavy atom.